The van der Waals surface area contributed by atoms with Gasteiger partial charge >= 0.3 is 5.82 Å². The van der Waals surface area contributed by atoms with Gasteiger partial charge in [0, 0.05) is 6.07 Å². The van der Waals surface area contributed by atoms with Gasteiger partial charge in [-0.3, -0.25) is 14.5 Å². The molecule has 136 valence electrons. The Balaban J connectivity index is 1.81. The molecule has 2 aromatic rings. The Morgan fingerprint density at radius 2 is 2.23 bits per heavy atom. The van der Waals surface area contributed by atoms with E-state index in [1.807, 2.05) is 0 Å². The van der Waals surface area contributed by atoms with Crippen molar-refractivity contribution in [1.82, 2.24) is 10.3 Å². The van der Waals surface area contributed by atoms with Crippen molar-refractivity contribution < 1.29 is 23.7 Å². The number of nitrogens with one attached hydrogen (secondary N) is 1. The number of fused-ring (bicyclic) bond motifs is 1. The van der Waals surface area contributed by atoms with E-state index >= 15 is 0 Å². The van der Waals surface area contributed by atoms with E-state index in [2.05, 4.69) is 10.3 Å². The standard InChI is InChI=1S/C16H16N4O6/c1-2-11-16(22)19(9-14(21)17-8-10-4-3-7-25-10)15-12(26-11)5-6-13(18-15)20(23)24/h3-7,11H,2,8-9H2,1H3,(H,17,21). The fourth-order valence-electron chi connectivity index (χ4n) is 2.50. The molecule has 0 radical (unpaired) electrons. The van der Waals surface area contributed by atoms with Crippen LogP contribution in [0.1, 0.15) is 19.1 Å². The largest absolute Gasteiger partial charge is 0.474 e. The summed E-state index contributed by atoms with van der Waals surface area (Å²) in [6.45, 7) is 1.60. The minimum absolute atomic E-state index is 0.0398. The highest BCUT2D eigenvalue weighted by molar-refractivity contribution is 6.03. The van der Waals surface area contributed by atoms with E-state index in [9.17, 15) is 19.7 Å². The quantitative estimate of drug-likeness (QED) is 0.609. The van der Waals surface area contributed by atoms with Crippen LogP contribution in [0.25, 0.3) is 0 Å². The molecule has 3 rings (SSSR count). The van der Waals surface area contributed by atoms with Gasteiger partial charge in [-0.2, -0.15) is 0 Å². The first-order valence-electron chi connectivity index (χ1n) is 7.92. The highest BCUT2D eigenvalue weighted by Gasteiger charge is 2.39. The lowest BCUT2D eigenvalue weighted by molar-refractivity contribution is -0.389. The number of nitro groups is 1. The summed E-state index contributed by atoms with van der Waals surface area (Å²) >= 11 is 0. The highest BCUT2D eigenvalue weighted by atomic mass is 16.6. The maximum atomic E-state index is 12.6. The van der Waals surface area contributed by atoms with Crippen LogP contribution in [-0.2, 0) is 16.1 Å². The van der Waals surface area contributed by atoms with Gasteiger partial charge in [-0.15, -0.1) is 0 Å². The molecule has 1 unspecified atom stereocenters. The second-order valence-electron chi connectivity index (χ2n) is 5.54. The third kappa shape index (κ3) is 3.48. The van der Waals surface area contributed by atoms with Crippen LogP contribution in [0, 0.1) is 10.1 Å². The van der Waals surface area contributed by atoms with E-state index in [0.29, 0.717) is 12.2 Å². The van der Waals surface area contributed by atoms with Crippen molar-refractivity contribution in [3.05, 3.63) is 46.4 Å². The molecule has 1 atom stereocenters. The number of furan rings is 1. The summed E-state index contributed by atoms with van der Waals surface area (Å²) in [5.74, 6) is -0.613. The van der Waals surface area contributed by atoms with Crippen molar-refractivity contribution in [3.63, 3.8) is 0 Å². The van der Waals surface area contributed by atoms with Crippen LogP contribution < -0.4 is 15.0 Å². The van der Waals surface area contributed by atoms with Crippen LogP contribution >= 0.6 is 0 Å². The van der Waals surface area contributed by atoms with Crippen molar-refractivity contribution in [2.75, 3.05) is 11.4 Å². The van der Waals surface area contributed by atoms with Gasteiger partial charge in [0.25, 0.3) is 11.7 Å². The molecule has 1 aliphatic heterocycles. The van der Waals surface area contributed by atoms with Crippen molar-refractivity contribution in [2.45, 2.75) is 26.0 Å². The molecule has 1 N–H and O–H groups in total. The number of pyridine rings is 1. The Morgan fingerprint density at radius 1 is 1.42 bits per heavy atom. The third-order valence-corrected chi connectivity index (χ3v) is 3.79. The third-order valence-electron chi connectivity index (χ3n) is 3.79. The van der Waals surface area contributed by atoms with E-state index in [-0.39, 0.29) is 24.7 Å². The number of nitrogens with zero attached hydrogens (tertiary/aromatic N) is 3. The number of carbonyl (C=O) groups excluding carboxylic acids is 2. The first-order valence-corrected chi connectivity index (χ1v) is 7.92. The Kier molecular flexibility index (Phi) is 4.83. The van der Waals surface area contributed by atoms with Gasteiger partial charge in [-0.1, -0.05) is 6.92 Å². The average Bonchev–Trinajstić information content (AvgIpc) is 3.15. The normalized spacial score (nSPS) is 16.0. The molecule has 2 aromatic heterocycles. The lowest BCUT2D eigenvalue weighted by Crippen LogP contribution is -2.50. The molecule has 3 heterocycles. The number of aromatic nitrogens is 1. The number of anilines is 1. The molecular weight excluding hydrogens is 344 g/mol. The zero-order chi connectivity index (χ0) is 18.7. The van der Waals surface area contributed by atoms with Gasteiger partial charge in [0.2, 0.25) is 5.91 Å². The van der Waals surface area contributed by atoms with Crippen LogP contribution in [0.15, 0.2) is 34.9 Å². The van der Waals surface area contributed by atoms with Gasteiger partial charge in [0.1, 0.15) is 12.3 Å². The van der Waals surface area contributed by atoms with E-state index in [1.54, 1.807) is 19.1 Å². The van der Waals surface area contributed by atoms with E-state index in [0.717, 1.165) is 4.90 Å². The summed E-state index contributed by atoms with van der Waals surface area (Å²) in [5, 5.41) is 13.6. The van der Waals surface area contributed by atoms with E-state index in [1.165, 1.54) is 18.4 Å². The monoisotopic (exact) mass is 360 g/mol. The lowest BCUT2D eigenvalue weighted by atomic mass is 10.2. The number of ether oxygens (including phenoxy) is 1. The molecule has 0 saturated carbocycles. The Morgan fingerprint density at radius 3 is 2.88 bits per heavy atom. The van der Waals surface area contributed by atoms with Crippen molar-refractivity contribution in [1.29, 1.82) is 0 Å². The van der Waals surface area contributed by atoms with Crippen LogP contribution in [0.3, 0.4) is 0 Å². The van der Waals surface area contributed by atoms with Gasteiger partial charge < -0.3 is 24.6 Å². The second-order valence-corrected chi connectivity index (χ2v) is 5.54. The SMILES string of the molecule is CCC1Oc2ccc([N+](=O)[O-])nc2N(CC(=O)NCc2ccco2)C1=O. The van der Waals surface area contributed by atoms with Gasteiger partial charge in [0.15, 0.2) is 11.9 Å². The van der Waals surface area contributed by atoms with Crippen LogP contribution in [0.2, 0.25) is 0 Å². The molecule has 10 heteroatoms. The molecule has 26 heavy (non-hydrogen) atoms. The molecule has 10 nitrogen and oxygen atoms in total. The molecule has 0 aromatic carbocycles. The fraction of sp³-hybridized carbons (Fsp3) is 0.312. The smallest absolute Gasteiger partial charge is 0.366 e. The molecule has 0 saturated heterocycles. The number of rotatable bonds is 6. The summed E-state index contributed by atoms with van der Waals surface area (Å²) in [6, 6.07) is 5.96. The lowest BCUT2D eigenvalue weighted by Gasteiger charge is -2.30. The zero-order valence-electron chi connectivity index (χ0n) is 13.9. The van der Waals surface area contributed by atoms with Crippen LogP contribution in [0.4, 0.5) is 11.6 Å². The fourth-order valence-corrected chi connectivity index (χ4v) is 2.50. The Hall–Kier alpha value is -3.43. The summed E-state index contributed by atoms with van der Waals surface area (Å²) in [4.78, 5) is 40.0. The summed E-state index contributed by atoms with van der Waals surface area (Å²) in [6.07, 6.45) is 1.10. The molecule has 0 bridgehead atoms. The Labute approximate surface area is 147 Å². The second kappa shape index (κ2) is 7.21. The predicted octanol–water partition coefficient (Wildman–Crippen LogP) is 1.40. The predicted molar refractivity (Wildman–Crippen MR) is 88.5 cm³/mol. The minimum Gasteiger partial charge on any atom is -0.474 e. The molecule has 0 fully saturated rings. The minimum atomic E-state index is -0.774. The number of carbonyl (C=O) groups is 2. The number of hydrogen-bond donors (Lipinski definition) is 1. The number of hydrogen-bond acceptors (Lipinski definition) is 7. The van der Waals surface area contributed by atoms with Gasteiger partial charge in [-0.05, 0) is 34.5 Å². The summed E-state index contributed by atoms with van der Waals surface area (Å²) in [5.41, 5.74) is 0. The number of amides is 2. The molecule has 0 spiro atoms. The van der Waals surface area contributed by atoms with Crippen molar-refractivity contribution in [2.24, 2.45) is 0 Å². The maximum absolute atomic E-state index is 12.6. The van der Waals surface area contributed by atoms with Gasteiger partial charge in [0.05, 0.1) is 12.8 Å². The average molecular weight is 360 g/mol. The van der Waals surface area contributed by atoms with E-state index < -0.39 is 28.7 Å². The maximum Gasteiger partial charge on any atom is 0.366 e. The summed E-state index contributed by atoms with van der Waals surface area (Å²) in [7, 11) is 0. The zero-order valence-corrected chi connectivity index (χ0v) is 13.9. The molecule has 0 aliphatic carbocycles. The van der Waals surface area contributed by atoms with E-state index in [4.69, 9.17) is 9.15 Å². The topological polar surface area (TPSA) is 128 Å². The first kappa shape index (κ1) is 17.4. The summed E-state index contributed by atoms with van der Waals surface area (Å²) < 4.78 is 10.7. The van der Waals surface area contributed by atoms with Crippen LogP contribution in [-0.4, -0.2) is 34.4 Å². The van der Waals surface area contributed by atoms with Crippen LogP contribution in [0.5, 0.6) is 5.75 Å². The van der Waals surface area contributed by atoms with Crippen molar-refractivity contribution >= 4 is 23.5 Å². The molecule has 2 amide bonds. The van der Waals surface area contributed by atoms with Gasteiger partial charge in [-0.25, -0.2) is 0 Å². The first-order chi connectivity index (χ1) is 12.5. The highest BCUT2D eigenvalue weighted by Crippen LogP contribution is 2.34. The molecular formula is C16H16N4O6. The van der Waals surface area contributed by atoms with Crippen molar-refractivity contribution in [3.8, 4) is 5.75 Å². The molecule has 1 aliphatic rings. The Bertz CT molecular complexity index is 835.